The van der Waals surface area contributed by atoms with Gasteiger partial charge in [0.25, 0.3) is 5.69 Å². The number of anilines is 2. The zero-order valence-corrected chi connectivity index (χ0v) is 12.1. The van der Waals surface area contributed by atoms with Gasteiger partial charge in [0.15, 0.2) is 0 Å². The zero-order valence-electron chi connectivity index (χ0n) is 12.1. The lowest BCUT2D eigenvalue weighted by Crippen LogP contribution is -2.49. The van der Waals surface area contributed by atoms with Crippen LogP contribution in [0.5, 0.6) is 0 Å². The van der Waals surface area contributed by atoms with Crippen molar-refractivity contribution in [3.8, 4) is 0 Å². The Balaban J connectivity index is 2.09. The summed E-state index contributed by atoms with van der Waals surface area (Å²) in [7, 11) is 0. The highest BCUT2D eigenvalue weighted by molar-refractivity contribution is 5.62. The van der Waals surface area contributed by atoms with Crippen molar-refractivity contribution in [3.63, 3.8) is 0 Å². The molecule has 20 heavy (non-hydrogen) atoms. The number of nitro benzene ring substituents is 1. The fraction of sp³-hybridized carbons (Fsp3) is 0.571. The molecule has 1 saturated heterocycles. The van der Waals surface area contributed by atoms with E-state index in [1.807, 2.05) is 6.07 Å². The highest BCUT2D eigenvalue weighted by Gasteiger charge is 2.21. The molecule has 6 heteroatoms. The highest BCUT2D eigenvalue weighted by atomic mass is 16.6. The maximum Gasteiger partial charge on any atom is 0.273 e. The number of nitrogens with two attached hydrogens (primary N) is 1. The Labute approximate surface area is 119 Å². The summed E-state index contributed by atoms with van der Waals surface area (Å²) in [5, 5.41) is 10.9. The van der Waals surface area contributed by atoms with Crippen LogP contribution in [0.3, 0.4) is 0 Å². The van der Waals surface area contributed by atoms with Crippen LogP contribution in [0, 0.1) is 10.1 Å². The molecule has 110 valence electrons. The summed E-state index contributed by atoms with van der Waals surface area (Å²) in [6.45, 7) is 8.16. The van der Waals surface area contributed by atoms with Crippen LogP contribution in [-0.2, 0) is 0 Å². The molecule has 1 heterocycles. The quantitative estimate of drug-likeness (QED) is 0.518. The average Bonchev–Trinajstić information content (AvgIpc) is 2.46. The number of nitrogens with zero attached hydrogens (tertiary/aromatic N) is 3. The molecule has 0 amide bonds. The SMILES string of the molecule is CCC(C)N1CCN(c2cc(N)cc([N+](=O)[O-])c2)CC1. The molecule has 1 unspecified atom stereocenters. The number of nitrogen functional groups attached to an aromatic ring is 1. The van der Waals surface area contributed by atoms with E-state index in [0.29, 0.717) is 11.7 Å². The fourth-order valence-corrected chi connectivity index (χ4v) is 2.59. The van der Waals surface area contributed by atoms with Gasteiger partial charge in [-0.2, -0.15) is 0 Å². The molecule has 1 atom stereocenters. The van der Waals surface area contributed by atoms with Crippen molar-refractivity contribution in [1.29, 1.82) is 0 Å². The summed E-state index contributed by atoms with van der Waals surface area (Å²) in [6.07, 6.45) is 1.14. The Morgan fingerprint density at radius 2 is 1.95 bits per heavy atom. The van der Waals surface area contributed by atoms with E-state index in [2.05, 4.69) is 23.6 Å². The van der Waals surface area contributed by atoms with Gasteiger partial charge in [0.2, 0.25) is 0 Å². The van der Waals surface area contributed by atoms with E-state index in [0.717, 1.165) is 38.3 Å². The van der Waals surface area contributed by atoms with E-state index in [4.69, 9.17) is 5.73 Å². The summed E-state index contributed by atoms with van der Waals surface area (Å²) in [6, 6.07) is 5.41. The van der Waals surface area contributed by atoms with Gasteiger partial charge >= 0.3 is 0 Å². The topological polar surface area (TPSA) is 75.6 Å². The summed E-state index contributed by atoms with van der Waals surface area (Å²) < 4.78 is 0. The molecule has 0 radical (unpaired) electrons. The van der Waals surface area contributed by atoms with Gasteiger partial charge in [-0.3, -0.25) is 15.0 Å². The van der Waals surface area contributed by atoms with Crippen LogP contribution in [0.1, 0.15) is 20.3 Å². The average molecular weight is 278 g/mol. The second-order valence-corrected chi connectivity index (χ2v) is 5.32. The van der Waals surface area contributed by atoms with E-state index in [9.17, 15) is 10.1 Å². The van der Waals surface area contributed by atoms with Gasteiger partial charge in [-0.1, -0.05) is 6.92 Å². The van der Waals surface area contributed by atoms with E-state index in [1.54, 1.807) is 6.07 Å². The molecular weight excluding hydrogens is 256 g/mol. The standard InChI is InChI=1S/C14H22N4O2/c1-3-11(2)16-4-6-17(7-5-16)13-8-12(15)9-14(10-13)18(19)20/h8-11H,3-7,15H2,1-2H3. The maximum atomic E-state index is 10.9. The van der Waals surface area contributed by atoms with E-state index in [-0.39, 0.29) is 5.69 Å². The molecule has 1 aromatic carbocycles. The van der Waals surface area contributed by atoms with Gasteiger partial charge in [-0.15, -0.1) is 0 Å². The monoisotopic (exact) mass is 278 g/mol. The molecule has 0 bridgehead atoms. The first-order valence-electron chi connectivity index (χ1n) is 7.05. The normalized spacial score (nSPS) is 18.0. The summed E-state index contributed by atoms with van der Waals surface area (Å²) >= 11 is 0. The molecule has 1 fully saturated rings. The first-order chi connectivity index (χ1) is 9.51. The molecule has 0 spiro atoms. The van der Waals surface area contributed by atoms with Crippen molar-refractivity contribution in [1.82, 2.24) is 4.90 Å². The predicted octanol–water partition coefficient (Wildman–Crippen LogP) is 2.10. The van der Waals surface area contributed by atoms with Crippen LogP contribution >= 0.6 is 0 Å². The van der Waals surface area contributed by atoms with Crippen molar-refractivity contribution in [3.05, 3.63) is 28.3 Å². The number of hydrogen-bond acceptors (Lipinski definition) is 5. The molecular formula is C14H22N4O2. The van der Waals surface area contributed by atoms with Crippen molar-refractivity contribution in [2.45, 2.75) is 26.3 Å². The molecule has 1 aliphatic rings. The maximum absolute atomic E-state index is 10.9. The first kappa shape index (κ1) is 14.6. The van der Waals surface area contributed by atoms with Crippen LogP contribution in [0.4, 0.5) is 17.1 Å². The lowest BCUT2D eigenvalue weighted by molar-refractivity contribution is -0.384. The Hall–Kier alpha value is -1.82. The van der Waals surface area contributed by atoms with Crippen molar-refractivity contribution in [2.75, 3.05) is 36.8 Å². The van der Waals surface area contributed by atoms with E-state index >= 15 is 0 Å². The summed E-state index contributed by atoms with van der Waals surface area (Å²) in [4.78, 5) is 15.1. The molecule has 1 aromatic rings. The second kappa shape index (κ2) is 6.09. The number of rotatable bonds is 4. The van der Waals surface area contributed by atoms with E-state index < -0.39 is 4.92 Å². The Bertz CT molecular complexity index is 484. The molecule has 2 rings (SSSR count). The van der Waals surface area contributed by atoms with Gasteiger partial charge in [0.05, 0.1) is 4.92 Å². The van der Waals surface area contributed by atoms with E-state index in [1.165, 1.54) is 6.07 Å². The number of benzene rings is 1. The molecule has 2 N–H and O–H groups in total. The van der Waals surface area contributed by atoms with Gasteiger partial charge in [0.1, 0.15) is 0 Å². The third kappa shape index (κ3) is 3.19. The van der Waals surface area contributed by atoms with Crippen molar-refractivity contribution >= 4 is 17.1 Å². The van der Waals surface area contributed by atoms with Gasteiger partial charge < -0.3 is 10.6 Å². The smallest absolute Gasteiger partial charge is 0.273 e. The molecule has 0 aromatic heterocycles. The van der Waals surface area contributed by atoms with Gasteiger partial charge in [-0.25, -0.2) is 0 Å². The number of hydrogen-bond donors (Lipinski definition) is 1. The molecule has 1 aliphatic heterocycles. The van der Waals surface area contributed by atoms with Crippen LogP contribution in [0.25, 0.3) is 0 Å². The third-order valence-electron chi connectivity index (χ3n) is 4.03. The van der Waals surface area contributed by atoms with Gasteiger partial charge in [-0.05, 0) is 19.4 Å². The fourth-order valence-electron chi connectivity index (χ4n) is 2.59. The van der Waals surface area contributed by atoms with Crippen LogP contribution in [-0.4, -0.2) is 42.0 Å². The first-order valence-corrected chi connectivity index (χ1v) is 7.05. The molecule has 6 nitrogen and oxygen atoms in total. The Morgan fingerprint density at radius 3 is 2.50 bits per heavy atom. The number of piperazine rings is 1. The molecule has 0 aliphatic carbocycles. The van der Waals surface area contributed by atoms with Gasteiger partial charge in [0, 0.05) is 55.7 Å². The molecule has 0 saturated carbocycles. The van der Waals surface area contributed by atoms with Crippen molar-refractivity contribution < 1.29 is 4.92 Å². The largest absolute Gasteiger partial charge is 0.398 e. The Morgan fingerprint density at radius 1 is 1.30 bits per heavy atom. The van der Waals surface area contributed by atoms with Crippen LogP contribution < -0.4 is 10.6 Å². The Kier molecular flexibility index (Phi) is 4.44. The minimum absolute atomic E-state index is 0.0596. The lowest BCUT2D eigenvalue weighted by atomic mass is 10.1. The zero-order chi connectivity index (χ0) is 14.7. The second-order valence-electron chi connectivity index (χ2n) is 5.32. The van der Waals surface area contributed by atoms with Crippen LogP contribution in [0.2, 0.25) is 0 Å². The summed E-state index contributed by atoms with van der Waals surface area (Å²) in [5.41, 5.74) is 7.11. The predicted molar refractivity (Wildman–Crippen MR) is 81.0 cm³/mol. The minimum Gasteiger partial charge on any atom is -0.398 e. The van der Waals surface area contributed by atoms with Crippen molar-refractivity contribution in [2.24, 2.45) is 0 Å². The minimum atomic E-state index is -0.394. The third-order valence-corrected chi connectivity index (χ3v) is 4.03. The lowest BCUT2D eigenvalue weighted by Gasteiger charge is -2.38. The number of non-ortho nitro benzene ring substituents is 1. The van der Waals surface area contributed by atoms with Crippen LogP contribution in [0.15, 0.2) is 18.2 Å². The summed E-state index contributed by atoms with van der Waals surface area (Å²) in [5.74, 6) is 0. The highest BCUT2D eigenvalue weighted by Crippen LogP contribution is 2.26. The number of nitro groups is 1.